The highest BCUT2D eigenvalue weighted by Gasteiger charge is 2.18. The minimum atomic E-state index is -2.50. The lowest BCUT2D eigenvalue weighted by molar-refractivity contribution is 0.116. The van der Waals surface area contributed by atoms with Gasteiger partial charge in [-0.1, -0.05) is 18.2 Å². The summed E-state index contributed by atoms with van der Waals surface area (Å²) in [6, 6.07) is 5.72. The first kappa shape index (κ1) is 13.1. The van der Waals surface area contributed by atoms with Crippen LogP contribution in [0, 0.1) is 3.57 Å². The molecule has 0 bridgehead atoms. The standard InChI is InChI=1S/C8H8F2IN.ClH/c9-8(10)7(12)5-3-1-2-4-6(5)11;/h1-4,7-8H,12H2;1H/t7-;/m0./s1. The lowest BCUT2D eigenvalue weighted by Crippen LogP contribution is -2.19. The molecule has 1 rings (SSSR count). The summed E-state index contributed by atoms with van der Waals surface area (Å²) < 4.78 is 25.1. The van der Waals surface area contributed by atoms with Crippen molar-refractivity contribution in [1.29, 1.82) is 0 Å². The summed E-state index contributed by atoms with van der Waals surface area (Å²) in [5.74, 6) is 0. The van der Waals surface area contributed by atoms with Crippen LogP contribution in [-0.2, 0) is 0 Å². The van der Waals surface area contributed by atoms with Crippen molar-refractivity contribution in [2.45, 2.75) is 12.5 Å². The molecule has 0 radical (unpaired) electrons. The van der Waals surface area contributed by atoms with Crippen molar-refractivity contribution in [2.75, 3.05) is 0 Å². The number of hydrogen-bond acceptors (Lipinski definition) is 1. The molecule has 0 saturated heterocycles. The summed E-state index contributed by atoms with van der Waals surface area (Å²) in [6.07, 6.45) is -2.50. The summed E-state index contributed by atoms with van der Waals surface area (Å²) in [5.41, 5.74) is 5.79. The van der Waals surface area contributed by atoms with Crippen LogP contribution in [0.5, 0.6) is 0 Å². The maximum atomic E-state index is 12.2. The van der Waals surface area contributed by atoms with Crippen molar-refractivity contribution in [1.82, 2.24) is 0 Å². The first-order valence-corrected chi connectivity index (χ1v) is 4.49. The number of benzene rings is 1. The minimum Gasteiger partial charge on any atom is -0.319 e. The number of rotatable bonds is 2. The molecule has 0 aromatic heterocycles. The number of halogens is 4. The fourth-order valence-electron chi connectivity index (χ4n) is 0.881. The smallest absolute Gasteiger partial charge is 0.257 e. The van der Waals surface area contributed by atoms with E-state index >= 15 is 0 Å². The fourth-order valence-corrected chi connectivity index (χ4v) is 1.63. The Morgan fingerprint density at radius 3 is 2.23 bits per heavy atom. The molecule has 1 aromatic carbocycles. The van der Waals surface area contributed by atoms with Crippen molar-refractivity contribution in [3.63, 3.8) is 0 Å². The van der Waals surface area contributed by atoms with Gasteiger partial charge in [0.1, 0.15) is 0 Å². The Kier molecular flexibility index (Phi) is 5.75. The van der Waals surface area contributed by atoms with Gasteiger partial charge in [0.05, 0.1) is 6.04 Å². The van der Waals surface area contributed by atoms with Gasteiger partial charge in [0.25, 0.3) is 6.43 Å². The van der Waals surface area contributed by atoms with Gasteiger partial charge >= 0.3 is 0 Å². The molecule has 0 aliphatic carbocycles. The lowest BCUT2D eigenvalue weighted by Gasteiger charge is -2.11. The van der Waals surface area contributed by atoms with Gasteiger partial charge in [-0.2, -0.15) is 0 Å². The molecule has 5 heteroatoms. The van der Waals surface area contributed by atoms with Crippen molar-refractivity contribution in [3.05, 3.63) is 33.4 Å². The molecule has 0 aliphatic rings. The van der Waals surface area contributed by atoms with Crippen LogP contribution < -0.4 is 5.73 Å². The first-order valence-electron chi connectivity index (χ1n) is 3.41. The third-order valence-electron chi connectivity index (χ3n) is 1.54. The van der Waals surface area contributed by atoms with Crippen LogP contribution >= 0.6 is 35.0 Å². The average molecular weight is 320 g/mol. The molecule has 0 aliphatic heterocycles. The molecule has 0 heterocycles. The topological polar surface area (TPSA) is 26.0 Å². The zero-order valence-electron chi connectivity index (χ0n) is 6.58. The van der Waals surface area contributed by atoms with E-state index in [2.05, 4.69) is 0 Å². The molecule has 0 fully saturated rings. The fraction of sp³-hybridized carbons (Fsp3) is 0.250. The SMILES string of the molecule is Cl.N[C@@H](c1ccccc1I)C(F)F. The third kappa shape index (κ3) is 3.36. The van der Waals surface area contributed by atoms with Crippen LogP contribution in [0.15, 0.2) is 24.3 Å². The molecule has 1 atom stereocenters. The monoisotopic (exact) mass is 319 g/mol. The maximum Gasteiger partial charge on any atom is 0.257 e. The summed E-state index contributed by atoms with van der Waals surface area (Å²) in [7, 11) is 0. The highest BCUT2D eigenvalue weighted by molar-refractivity contribution is 14.1. The second-order valence-corrected chi connectivity index (χ2v) is 3.54. The Labute approximate surface area is 95.2 Å². The second-order valence-electron chi connectivity index (χ2n) is 2.38. The molecule has 74 valence electrons. The van der Waals surface area contributed by atoms with E-state index in [9.17, 15) is 8.78 Å². The van der Waals surface area contributed by atoms with Crippen molar-refractivity contribution in [3.8, 4) is 0 Å². The summed E-state index contributed by atoms with van der Waals surface area (Å²) in [6.45, 7) is 0. The van der Waals surface area contributed by atoms with Crippen LogP contribution in [0.3, 0.4) is 0 Å². The van der Waals surface area contributed by atoms with Gasteiger partial charge in [0.2, 0.25) is 0 Å². The Bertz CT molecular complexity index is 270. The van der Waals surface area contributed by atoms with Gasteiger partial charge in [-0.15, -0.1) is 12.4 Å². The molecule has 13 heavy (non-hydrogen) atoms. The van der Waals surface area contributed by atoms with Crippen LogP contribution in [-0.4, -0.2) is 6.43 Å². The van der Waals surface area contributed by atoms with Crippen LogP contribution in [0.25, 0.3) is 0 Å². The molecule has 1 nitrogen and oxygen atoms in total. The minimum absolute atomic E-state index is 0. The highest BCUT2D eigenvalue weighted by Crippen LogP contribution is 2.22. The molecule has 0 saturated carbocycles. The molecule has 0 unspecified atom stereocenters. The first-order chi connectivity index (χ1) is 5.63. The number of nitrogens with two attached hydrogens (primary N) is 1. The van der Waals surface area contributed by atoms with E-state index in [1.165, 1.54) is 0 Å². The van der Waals surface area contributed by atoms with E-state index in [4.69, 9.17) is 5.73 Å². The third-order valence-corrected chi connectivity index (χ3v) is 2.52. The van der Waals surface area contributed by atoms with Gasteiger partial charge in [-0.05, 0) is 34.2 Å². The normalized spacial score (nSPS) is 12.4. The zero-order chi connectivity index (χ0) is 9.14. The van der Waals surface area contributed by atoms with E-state index < -0.39 is 12.5 Å². The van der Waals surface area contributed by atoms with Gasteiger partial charge in [-0.25, -0.2) is 8.78 Å². The van der Waals surface area contributed by atoms with Gasteiger partial charge in [0, 0.05) is 3.57 Å². The van der Waals surface area contributed by atoms with E-state index in [1.807, 2.05) is 22.6 Å². The number of alkyl halides is 2. The Hall–Kier alpha value is 0.0600. The molecule has 1 aromatic rings. The largest absolute Gasteiger partial charge is 0.319 e. The predicted molar refractivity (Wildman–Crippen MR) is 59.3 cm³/mol. The van der Waals surface area contributed by atoms with Crippen molar-refractivity contribution in [2.24, 2.45) is 5.73 Å². The summed E-state index contributed by atoms with van der Waals surface area (Å²) >= 11 is 2.00. The van der Waals surface area contributed by atoms with E-state index in [0.717, 1.165) is 3.57 Å². The Morgan fingerprint density at radius 2 is 1.77 bits per heavy atom. The quantitative estimate of drug-likeness (QED) is 0.833. The van der Waals surface area contributed by atoms with E-state index in [1.54, 1.807) is 24.3 Å². The maximum absolute atomic E-state index is 12.2. The molecular formula is C8H9ClF2IN. The lowest BCUT2D eigenvalue weighted by atomic mass is 10.1. The average Bonchev–Trinajstić information content (AvgIpc) is 2.04. The number of hydrogen-bond donors (Lipinski definition) is 1. The Morgan fingerprint density at radius 1 is 1.23 bits per heavy atom. The summed E-state index contributed by atoms with van der Waals surface area (Å²) in [5, 5.41) is 0. The van der Waals surface area contributed by atoms with Crippen LogP contribution in [0.1, 0.15) is 11.6 Å². The highest BCUT2D eigenvalue weighted by atomic mass is 127. The second kappa shape index (κ2) is 5.72. The predicted octanol–water partition coefficient (Wildman–Crippen LogP) is 2.98. The van der Waals surface area contributed by atoms with Crippen molar-refractivity contribution < 1.29 is 8.78 Å². The van der Waals surface area contributed by atoms with Crippen molar-refractivity contribution >= 4 is 35.0 Å². The van der Waals surface area contributed by atoms with Gasteiger partial charge in [-0.3, -0.25) is 0 Å². The van der Waals surface area contributed by atoms with Crippen LogP contribution in [0.2, 0.25) is 0 Å². The molecule has 0 spiro atoms. The molecular weight excluding hydrogens is 310 g/mol. The van der Waals surface area contributed by atoms with E-state index in [-0.39, 0.29) is 12.4 Å². The van der Waals surface area contributed by atoms with Gasteiger partial charge < -0.3 is 5.73 Å². The summed E-state index contributed by atoms with van der Waals surface area (Å²) in [4.78, 5) is 0. The zero-order valence-corrected chi connectivity index (χ0v) is 9.56. The van der Waals surface area contributed by atoms with Gasteiger partial charge in [0.15, 0.2) is 0 Å². The Balaban J connectivity index is 0.00000144. The molecule has 0 amide bonds. The molecule has 2 N–H and O–H groups in total. The van der Waals surface area contributed by atoms with Crippen LogP contribution in [0.4, 0.5) is 8.78 Å². The van der Waals surface area contributed by atoms with E-state index in [0.29, 0.717) is 5.56 Å².